The number of hydrogen-bond donors (Lipinski definition) is 2. The molecule has 4 rings (SSSR count). The Morgan fingerprint density at radius 1 is 0.524 bits per heavy atom. The van der Waals surface area contributed by atoms with E-state index in [1.54, 1.807) is 0 Å². The van der Waals surface area contributed by atoms with Crippen LogP contribution in [-0.4, -0.2) is 5.21 Å². The van der Waals surface area contributed by atoms with Crippen molar-refractivity contribution in [2.75, 3.05) is 0 Å². The zero-order valence-electron chi connectivity index (χ0n) is 11.6. The lowest BCUT2D eigenvalue weighted by molar-refractivity contribution is 0.311. The Bertz CT molecular complexity index is 658. The molecule has 0 heterocycles. The molecule has 0 fully saturated rings. The summed E-state index contributed by atoms with van der Waals surface area (Å²) in [5, 5.41) is 6.50. The van der Waals surface area contributed by atoms with Gasteiger partial charge < -0.3 is 5.21 Å². The Morgan fingerprint density at radius 3 is 1.24 bits per heavy atom. The highest BCUT2D eigenvalue weighted by Crippen LogP contribution is 2.58. The lowest BCUT2D eigenvalue weighted by Gasteiger charge is -2.17. The molecule has 0 unspecified atom stereocenters. The van der Waals surface area contributed by atoms with Crippen LogP contribution >= 0.6 is 0 Å². The first kappa shape index (κ1) is 13.6. The number of hydrogen-bond acceptors (Lipinski definition) is 2. The van der Waals surface area contributed by atoms with Gasteiger partial charge in [0.05, 0.1) is 5.41 Å². The van der Waals surface area contributed by atoms with E-state index < -0.39 is 0 Å². The predicted octanol–water partition coefficient (Wildman–Crippen LogP) is 3.72. The van der Waals surface area contributed by atoms with Crippen molar-refractivity contribution in [2.24, 2.45) is 5.90 Å². The van der Waals surface area contributed by atoms with E-state index in [4.69, 9.17) is 5.21 Å². The molecule has 104 valence electrons. The van der Waals surface area contributed by atoms with Crippen molar-refractivity contribution < 1.29 is 5.21 Å². The van der Waals surface area contributed by atoms with Crippen LogP contribution in [0.5, 0.6) is 0 Å². The molecular weight excluding hydrogens is 258 g/mol. The van der Waals surface area contributed by atoms with Crippen LogP contribution in [0.3, 0.4) is 0 Å². The van der Waals surface area contributed by atoms with E-state index in [-0.39, 0.29) is 5.41 Å². The Hall–Kier alpha value is -2.42. The lowest BCUT2D eigenvalue weighted by atomic mass is 9.84. The summed E-state index contributed by atoms with van der Waals surface area (Å²) in [7, 11) is 0. The van der Waals surface area contributed by atoms with Crippen LogP contribution in [0.25, 0.3) is 0 Å². The Balaban J connectivity index is 0.000000636. The fourth-order valence-electron chi connectivity index (χ4n) is 3.22. The minimum absolute atomic E-state index is 0.00792. The summed E-state index contributed by atoms with van der Waals surface area (Å²) >= 11 is 0. The van der Waals surface area contributed by atoms with Gasteiger partial charge in [0.2, 0.25) is 0 Å². The summed E-state index contributed by atoms with van der Waals surface area (Å²) in [5.41, 5.74) is 5.59. The third-order valence-corrected chi connectivity index (χ3v) is 4.09. The molecule has 21 heavy (non-hydrogen) atoms. The van der Waals surface area contributed by atoms with Gasteiger partial charge in [-0.15, -0.1) is 0 Å². The summed E-state index contributed by atoms with van der Waals surface area (Å²) in [6.07, 6.45) is 0. The molecule has 3 N–H and O–H groups in total. The Kier molecular flexibility index (Phi) is 3.57. The molecule has 0 aliphatic heterocycles. The quantitative estimate of drug-likeness (QED) is 0.548. The van der Waals surface area contributed by atoms with Crippen molar-refractivity contribution in [3.05, 3.63) is 107 Å². The van der Waals surface area contributed by atoms with E-state index in [0.717, 1.165) is 0 Å². The van der Waals surface area contributed by atoms with E-state index in [9.17, 15) is 0 Å². The van der Waals surface area contributed by atoms with Gasteiger partial charge in [-0.25, -0.2) is 5.90 Å². The van der Waals surface area contributed by atoms with Crippen LogP contribution in [0, 0.1) is 0 Å². The third kappa shape index (κ3) is 1.97. The van der Waals surface area contributed by atoms with E-state index in [2.05, 4.69) is 90.8 Å². The molecule has 0 saturated carbocycles. The fraction of sp³-hybridized carbons (Fsp3) is 0.0526. The molecule has 3 aromatic rings. The van der Waals surface area contributed by atoms with Gasteiger partial charge in [-0.2, -0.15) is 0 Å². The van der Waals surface area contributed by atoms with Crippen molar-refractivity contribution in [3.63, 3.8) is 0 Å². The number of nitrogens with two attached hydrogens (primary N) is 1. The second-order valence-corrected chi connectivity index (χ2v) is 5.03. The van der Waals surface area contributed by atoms with Crippen molar-refractivity contribution in [1.29, 1.82) is 0 Å². The maximum absolute atomic E-state index is 6.50. The van der Waals surface area contributed by atoms with Crippen molar-refractivity contribution in [2.45, 2.75) is 5.41 Å². The number of rotatable bonds is 2. The van der Waals surface area contributed by atoms with Crippen LogP contribution in [0.15, 0.2) is 84.9 Å². The monoisotopic (exact) mass is 275 g/mol. The van der Waals surface area contributed by atoms with Gasteiger partial charge in [-0.1, -0.05) is 84.9 Å². The summed E-state index contributed by atoms with van der Waals surface area (Å²) in [6.45, 7) is 0. The maximum Gasteiger partial charge on any atom is 0.0708 e. The first-order valence-corrected chi connectivity index (χ1v) is 6.91. The van der Waals surface area contributed by atoms with E-state index in [0.29, 0.717) is 0 Å². The van der Waals surface area contributed by atoms with Gasteiger partial charge in [0.25, 0.3) is 0 Å². The predicted molar refractivity (Wildman–Crippen MR) is 84.3 cm³/mol. The highest BCUT2D eigenvalue weighted by Gasteiger charge is 2.52. The molecule has 0 bridgehead atoms. The first-order valence-electron chi connectivity index (χ1n) is 6.91. The third-order valence-electron chi connectivity index (χ3n) is 4.09. The zero-order valence-corrected chi connectivity index (χ0v) is 11.6. The van der Waals surface area contributed by atoms with Gasteiger partial charge in [0, 0.05) is 0 Å². The summed E-state index contributed by atoms with van der Waals surface area (Å²) in [4.78, 5) is 0. The number of benzene rings is 3. The molecule has 2 heteroatoms. The smallest absolute Gasteiger partial charge is 0.0708 e. The lowest BCUT2D eigenvalue weighted by Crippen LogP contribution is -2.12. The molecule has 0 spiro atoms. The van der Waals surface area contributed by atoms with Gasteiger partial charge in [-0.05, 0) is 22.3 Å². The first-order chi connectivity index (χ1) is 10.4. The van der Waals surface area contributed by atoms with Crippen molar-refractivity contribution >= 4 is 0 Å². The van der Waals surface area contributed by atoms with Crippen molar-refractivity contribution in [3.8, 4) is 0 Å². The van der Waals surface area contributed by atoms with E-state index in [1.807, 2.05) is 0 Å². The van der Waals surface area contributed by atoms with Crippen LogP contribution < -0.4 is 5.90 Å². The SMILES string of the molecule is NO.c1ccc(C2(c3ccccc3)c3ccccc32)cc1. The van der Waals surface area contributed by atoms with Gasteiger partial charge in [0.15, 0.2) is 0 Å². The number of fused-ring (bicyclic) bond motifs is 1. The zero-order chi connectivity index (χ0) is 14.7. The topological polar surface area (TPSA) is 46.2 Å². The van der Waals surface area contributed by atoms with Gasteiger partial charge in [0.1, 0.15) is 0 Å². The van der Waals surface area contributed by atoms with Gasteiger partial charge >= 0.3 is 0 Å². The van der Waals surface area contributed by atoms with Gasteiger partial charge in [-0.3, -0.25) is 0 Å². The van der Waals surface area contributed by atoms with Crippen LogP contribution in [0.2, 0.25) is 0 Å². The van der Waals surface area contributed by atoms with Crippen LogP contribution in [-0.2, 0) is 5.41 Å². The Morgan fingerprint density at radius 2 is 0.857 bits per heavy atom. The molecule has 2 nitrogen and oxygen atoms in total. The highest BCUT2D eigenvalue weighted by atomic mass is 16.4. The molecule has 3 aromatic carbocycles. The molecule has 0 radical (unpaired) electrons. The molecule has 1 aliphatic rings. The van der Waals surface area contributed by atoms with Crippen LogP contribution in [0.1, 0.15) is 22.3 Å². The second-order valence-electron chi connectivity index (χ2n) is 5.03. The summed E-state index contributed by atoms with van der Waals surface area (Å²) < 4.78 is 0. The average Bonchev–Trinajstić information content (AvgIpc) is 3.28. The maximum atomic E-state index is 6.50. The molecule has 0 aromatic heterocycles. The average molecular weight is 275 g/mol. The van der Waals surface area contributed by atoms with E-state index in [1.165, 1.54) is 22.3 Å². The summed E-state index contributed by atoms with van der Waals surface area (Å²) in [5.74, 6) is 3.50. The molecule has 1 aliphatic carbocycles. The minimum atomic E-state index is -0.00792. The van der Waals surface area contributed by atoms with Crippen LogP contribution in [0.4, 0.5) is 0 Å². The largest absolute Gasteiger partial charge is 0.320 e. The standard InChI is InChI=1S/C19H14.H3NO/c1-3-9-15(10-4-1)19(16-11-5-2-6-12-16)17-13-7-8-14-18(17)19;1-2/h1-14H;2H,1H2. The normalized spacial score (nSPS) is 13.6. The molecule has 0 amide bonds. The fourth-order valence-corrected chi connectivity index (χ4v) is 3.22. The highest BCUT2D eigenvalue weighted by molar-refractivity contribution is 5.74. The molecule has 0 atom stereocenters. The van der Waals surface area contributed by atoms with E-state index >= 15 is 0 Å². The molecular formula is C19H17NO. The minimum Gasteiger partial charge on any atom is -0.320 e. The molecule has 0 saturated heterocycles. The second kappa shape index (κ2) is 5.52. The van der Waals surface area contributed by atoms with Crippen molar-refractivity contribution in [1.82, 2.24) is 0 Å². The Labute approximate surface area is 124 Å². The summed E-state index contributed by atoms with van der Waals surface area (Å²) in [6, 6.07) is 30.3.